The van der Waals surface area contributed by atoms with Gasteiger partial charge in [0.2, 0.25) is 5.91 Å². The van der Waals surface area contributed by atoms with Crippen molar-refractivity contribution in [3.63, 3.8) is 0 Å². The number of ether oxygens (including phenoxy) is 1. The van der Waals surface area contributed by atoms with Gasteiger partial charge in [-0.05, 0) is 64.5 Å². The van der Waals surface area contributed by atoms with Crippen LogP contribution in [0.4, 0.5) is 18.9 Å². The number of anilines is 1. The summed E-state index contributed by atoms with van der Waals surface area (Å²) in [5.41, 5.74) is 1.43. The second-order valence-electron chi connectivity index (χ2n) is 6.43. The van der Waals surface area contributed by atoms with E-state index in [-0.39, 0.29) is 18.1 Å². The molecular formula is C20H16BrF3N4O3. The Morgan fingerprint density at radius 3 is 2.32 bits per heavy atom. The van der Waals surface area contributed by atoms with Crippen molar-refractivity contribution in [2.45, 2.75) is 6.36 Å². The Morgan fingerprint density at radius 1 is 1.13 bits per heavy atom. The van der Waals surface area contributed by atoms with Crippen LogP contribution in [0.1, 0.15) is 10.4 Å². The van der Waals surface area contributed by atoms with Gasteiger partial charge in [-0.2, -0.15) is 5.10 Å². The first-order valence-electron chi connectivity index (χ1n) is 8.82. The Balaban J connectivity index is 1.56. The number of carbonyl (C=O) groups is 2. The molecule has 0 aliphatic carbocycles. The van der Waals surface area contributed by atoms with Gasteiger partial charge in [0.25, 0.3) is 5.91 Å². The lowest BCUT2D eigenvalue weighted by molar-refractivity contribution is -0.274. The highest BCUT2D eigenvalue weighted by molar-refractivity contribution is 9.10. The maximum Gasteiger partial charge on any atom is 0.573 e. The van der Waals surface area contributed by atoms with Crippen LogP contribution in [0.2, 0.25) is 0 Å². The summed E-state index contributed by atoms with van der Waals surface area (Å²) < 4.78 is 42.8. The molecule has 2 aromatic carbocycles. The molecule has 0 saturated carbocycles. The fourth-order valence-electron chi connectivity index (χ4n) is 2.65. The van der Waals surface area contributed by atoms with E-state index in [0.717, 1.165) is 22.3 Å². The van der Waals surface area contributed by atoms with Gasteiger partial charge in [-0.15, -0.1) is 13.2 Å². The first-order chi connectivity index (χ1) is 14.6. The van der Waals surface area contributed by atoms with Gasteiger partial charge in [0.1, 0.15) is 5.75 Å². The Bertz CT molecular complexity index is 1070. The molecule has 0 bridgehead atoms. The summed E-state index contributed by atoms with van der Waals surface area (Å²) in [6, 6.07) is 11.4. The Hall–Kier alpha value is -3.34. The molecule has 0 spiro atoms. The molecule has 0 aliphatic rings. The number of halogens is 4. The largest absolute Gasteiger partial charge is 0.573 e. The van der Waals surface area contributed by atoms with Gasteiger partial charge >= 0.3 is 6.36 Å². The number of nitrogens with one attached hydrogen (secondary N) is 1. The lowest BCUT2D eigenvalue weighted by atomic mass is 10.2. The van der Waals surface area contributed by atoms with E-state index in [1.165, 1.54) is 24.1 Å². The summed E-state index contributed by atoms with van der Waals surface area (Å²) in [7, 11) is 1.47. The van der Waals surface area contributed by atoms with Crippen molar-refractivity contribution in [2.24, 2.45) is 0 Å². The fraction of sp³-hybridized carbons (Fsp3) is 0.150. The molecule has 1 heterocycles. The van der Waals surface area contributed by atoms with Crippen molar-refractivity contribution in [1.29, 1.82) is 0 Å². The molecule has 0 atom stereocenters. The first kappa shape index (κ1) is 22.3. The van der Waals surface area contributed by atoms with E-state index in [4.69, 9.17) is 0 Å². The fourth-order valence-corrected chi connectivity index (χ4v) is 2.93. The van der Waals surface area contributed by atoms with Crippen LogP contribution < -0.4 is 10.1 Å². The zero-order valence-corrected chi connectivity index (χ0v) is 17.6. The third-order valence-electron chi connectivity index (χ3n) is 4.03. The Labute approximate surface area is 183 Å². The van der Waals surface area contributed by atoms with Crippen LogP contribution in [0.3, 0.4) is 0 Å². The summed E-state index contributed by atoms with van der Waals surface area (Å²) in [6.45, 7) is -0.243. The number of amides is 2. The number of aromatic nitrogens is 2. The lowest BCUT2D eigenvalue weighted by Crippen LogP contribution is -2.34. The second kappa shape index (κ2) is 9.21. The van der Waals surface area contributed by atoms with Crippen LogP contribution in [-0.4, -0.2) is 46.4 Å². The maximum atomic E-state index is 12.6. The molecule has 0 unspecified atom stereocenters. The van der Waals surface area contributed by atoms with Crippen molar-refractivity contribution in [3.8, 4) is 11.4 Å². The van der Waals surface area contributed by atoms with E-state index in [2.05, 4.69) is 31.1 Å². The number of hydrogen-bond donors (Lipinski definition) is 1. The van der Waals surface area contributed by atoms with Gasteiger partial charge in [-0.3, -0.25) is 9.59 Å². The number of likely N-dealkylation sites (N-methyl/N-ethyl adjacent to an activating group) is 1. The topological polar surface area (TPSA) is 76.5 Å². The Kier molecular flexibility index (Phi) is 6.64. The normalized spacial score (nSPS) is 11.1. The molecule has 2 amide bonds. The molecule has 0 aliphatic heterocycles. The molecule has 7 nitrogen and oxygen atoms in total. The summed E-state index contributed by atoms with van der Waals surface area (Å²) in [5.74, 6) is -1.26. The monoisotopic (exact) mass is 496 g/mol. The molecule has 31 heavy (non-hydrogen) atoms. The van der Waals surface area contributed by atoms with Gasteiger partial charge in [0.05, 0.1) is 22.9 Å². The first-order valence-corrected chi connectivity index (χ1v) is 9.62. The van der Waals surface area contributed by atoms with Crippen LogP contribution in [0.5, 0.6) is 5.75 Å². The van der Waals surface area contributed by atoms with Crippen LogP contribution in [-0.2, 0) is 4.79 Å². The van der Waals surface area contributed by atoms with E-state index < -0.39 is 18.0 Å². The summed E-state index contributed by atoms with van der Waals surface area (Å²) >= 11 is 3.31. The molecule has 162 valence electrons. The number of hydrogen-bond acceptors (Lipinski definition) is 4. The number of rotatable bonds is 6. The SMILES string of the molecule is CN(CC(=O)Nc1ccc(OC(F)(F)F)cc1)C(=O)c1ccc(-n2cc(Br)cn2)cc1. The molecular weight excluding hydrogens is 481 g/mol. The van der Waals surface area contributed by atoms with Gasteiger partial charge in [-0.1, -0.05) is 0 Å². The predicted molar refractivity (Wildman–Crippen MR) is 110 cm³/mol. The third-order valence-corrected chi connectivity index (χ3v) is 4.44. The van der Waals surface area contributed by atoms with Crippen molar-refractivity contribution in [1.82, 2.24) is 14.7 Å². The molecule has 3 aromatic rings. The average molecular weight is 497 g/mol. The number of nitrogens with zero attached hydrogens (tertiary/aromatic N) is 3. The highest BCUT2D eigenvalue weighted by Crippen LogP contribution is 2.24. The average Bonchev–Trinajstić information content (AvgIpc) is 3.14. The number of alkyl halides is 3. The minimum Gasteiger partial charge on any atom is -0.406 e. The van der Waals surface area contributed by atoms with E-state index >= 15 is 0 Å². The molecule has 0 radical (unpaired) electrons. The zero-order chi connectivity index (χ0) is 22.6. The van der Waals surface area contributed by atoms with Gasteiger partial charge in [0, 0.05) is 24.5 Å². The van der Waals surface area contributed by atoms with E-state index in [1.807, 2.05) is 0 Å². The summed E-state index contributed by atoms with van der Waals surface area (Å²) in [4.78, 5) is 26.0. The summed E-state index contributed by atoms with van der Waals surface area (Å²) in [5, 5.41) is 6.67. The molecule has 1 aromatic heterocycles. The van der Waals surface area contributed by atoms with E-state index in [9.17, 15) is 22.8 Å². The Morgan fingerprint density at radius 2 is 1.77 bits per heavy atom. The minimum atomic E-state index is -4.79. The number of benzene rings is 2. The smallest absolute Gasteiger partial charge is 0.406 e. The van der Waals surface area contributed by atoms with Crippen molar-refractivity contribution in [3.05, 3.63) is 71.0 Å². The van der Waals surface area contributed by atoms with Crippen LogP contribution in [0, 0.1) is 0 Å². The van der Waals surface area contributed by atoms with Gasteiger partial charge < -0.3 is 15.0 Å². The van der Waals surface area contributed by atoms with Crippen molar-refractivity contribution < 1.29 is 27.5 Å². The van der Waals surface area contributed by atoms with Gasteiger partial charge in [0.15, 0.2) is 0 Å². The molecule has 3 rings (SSSR count). The summed E-state index contributed by atoms with van der Waals surface area (Å²) in [6.07, 6.45) is -1.38. The van der Waals surface area contributed by atoms with Gasteiger partial charge in [-0.25, -0.2) is 4.68 Å². The number of carbonyl (C=O) groups excluding carboxylic acids is 2. The van der Waals surface area contributed by atoms with Crippen LogP contribution >= 0.6 is 15.9 Å². The van der Waals surface area contributed by atoms with Crippen molar-refractivity contribution >= 4 is 33.4 Å². The third kappa shape index (κ3) is 6.32. The maximum absolute atomic E-state index is 12.6. The van der Waals surface area contributed by atoms with E-state index in [0.29, 0.717) is 5.56 Å². The highest BCUT2D eigenvalue weighted by atomic mass is 79.9. The molecule has 11 heteroatoms. The molecule has 1 N–H and O–H groups in total. The standard InChI is InChI=1S/C20H16BrF3N4O3/c1-27(12-18(29)26-15-4-8-17(9-5-15)31-20(22,23)24)19(30)13-2-6-16(7-3-13)28-11-14(21)10-25-28/h2-11H,12H2,1H3,(H,26,29). The second-order valence-corrected chi connectivity index (χ2v) is 7.35. The lowest BCUT2D eigenvalue weighted by Gasteiger charge is -2.17. The molecule has 0 fully saturated rings. The van der Waals surface area contributed by atoms with Crippen LogP contribution in [0.25, 0.3) is 5.69 Å². The molecule has 0 saturated heterocycles. The van der Waals surface area contributed by atoms with Crippen molar-refractivity contribution in [2.75, 3.05) is 18.9 Å². The minimum absolute atomic E-state index is 0.243. The zero-order valence-electron chi connectivity index (χ0n) is 16.1. The highest BCUT2D eigenvalue weighted by Gasteiger charge is 2.31. The predicted octanol–water partition coefficient (Wildman–Crippen LogP) is 4.24. The van der Waals surface area contributed by atoms with Crippen LogP contribution in [0.15, 0.2) is 65.4 Å². The van der Waals surface area contributed by atoms with E-state index in [1.54, 1.807) is 41.3 Å². The quantitative estimate of drug-likeness (QED) is 0.553.